The zero-order chi connectivity index (χ0) is 14.5. The van der Waals surface area contributed by atoms with Crippen LogP contribution in [0, 0.1) is 5.41 Å². The van der Waals surface area contributed by atoms with E-state index in [1.165, 1.54) is 11.3 Å². The van der Waals surface area contributed by atoms with E-state index in [9.17, 15) is 0 Å². The average Bonchev–Trinajstić information content (AvgIpc) is 2.82. The van der Waals surface area contributed by atoms with E-state index < -0.39 is 15.3 Å². The maximum Gasteiger partial charge on any atom is 0.144 e. The number of hydrogen-bond donors (Lipinski definition) is 0. The van der Waals surface area contributed by atoms with Crippen LogP contribution in [-0.2, 0) is 0 Å². The molecule has 0 amide bonds. The summed E-state index contributed by atoms with van der Waals surface area (Å²) in [5.74, 6) is 1.48. The van der Waals surface area contributed by atoms with Crippen LogP contribution < -0.4 is 0 Å². The summed E-state index contributed by atoms with van der Waals surface area (Å²) in [7, 11) is -1.97. The highest BCUT2D eigenvalue weighted by Crippen LogP contribution is 2.91. The molecule has 1 aliphatic rings. The molecule has 1 atom stereocenters. The van der Waals surface area contributed by atoms with Gasteiger partial charge in [0.15, 0.2) is 0 Å². The zero-order valence-electron chi connectivity index (χ0n) is 13.5. The Hall–Kier alpha value is -0.393. The fraction of sp³-hybridized carbons (Fsp3) is 0.529. The van der Waals surface area contributed by atoms with Crippen LogP contribution in [-0.4, -0.2) is 20.5 Å². The van der Waals surface area contributed by atoms with Gasteiger partial charge in [-0.15, -0.1) is 0 Å². The van der Waals surface area contributed by atoms with Crippen molar-refractivity contribution in [2.24, 2.45) is 5.41 Å². The minimum Gasteiger partial charge on any atom is -0.0663 e. The van der Waals surface area contributed by atoms with Gasteiger partial charge in [0.1, 0.15) is 10.6 Å². The Morgan fingerprint density at radius 1 is 1.00 bits per heavy atom. The summed E-state index contributed by atoms with van der Waals surface area (Å²) in [6, 6.07) is 11.1. The molecule has 0 spiro atoms. The predicted molar refractivity (Wildman–Crippen MR) is 93.9 cm³/mol. The third-order valence-electron chi connectivity index (χ3n) is 3.71. The molecule has 0 N–H and O–H groups in total. The Balaban J connectivity index is 2.40. The molecule has 0 bridgehead atoms. The average molecular weight is 291 g/mol. The lowest BCUT2D eigenvalue weighted by atomic mass is 9.95. The van der Waals surface area contributed by atoms with Crippen molar-refractivity contribution in [3.8, 4) is 0 Å². The standard InChI is InChI=1S/C17H28PSi/c1-17(2,3)16-15(14-11-9-8-10-12-14)18(16,4)13-19(5,6)7/h8-12H,13H2,1-7H3/q+1. The van der Waals surface area contributed by atoms with E-state index in [0.29, 0.717) is 5.41 Å². The van der Waals surface area contributed by atoms with Gasteiger partial charge in [-0.25, -0.2) is 0 Å². The van der Waals surface area contributed by atoms with E-state index in [-0.39, 0.29) is 0 Å². The second kappa shape index (κ2) is 4.57. The summed E-state index contributed by atoms with van der Waals surface area (Å²) < 4.78 is 0. The first-order valence-corrected chi connectivity index (χ1v) is 13.4. The summed E-state index contributed by atoms with van der Waals surface area (Å²) in [4.78, 5) is 0. The van der Waals surface area contributed by atoms with Crippen LogP contribution in [0.25, 0.3) is 5.31 Å². The Bertz CT molecular complexity index is 502. The van der Waals surface area contributed by atoms with E-state index in [4.69, 9.17) is 0 Å². The van der Waals surface area contributed by atoms with Crippen molar-refractivity contribution in [3.05, 3.63) is 41.2 Å². The summed E-state index contributed by atoms with van der Waals surface area (Å²) in [5.41, 5.74) is 1.83. The quantitative estimate of drug-likeness (QED) is 0.477. The van der Waals surface area contributed by atoms with Crippen molar-refractivity contribution < 1.29 is 0 Å². The molecule has 2 heteroatoms. The summed E-state index contributed by atoms with van der Waals surface area (Å²) in [6.45, 7) is 17.3. The molecule has 1 aliphatic heterocycles. The van der Waals surface area contributed by atoms with Crippen molar-refractivity contribution in [2.75, 3.05) is 12.5 Å². The summed E-state index contributed by atoms with van der Waals surface area (Å²) in [6.07, 6.45) is 0. The molecule has 0 aromatic heterocycles. The molecule has 1 heterocycles. The van der Waals surface area contributed by atoms with Gasteiger partial charge < -0.3 is 0 Å². The number of hydrogen-bond acceptors (Lipinski definition) is 0. The van der Waals surface area contributed by atoms with Crippen LogP contribution in [0.3, 0.4) is 0 Å². The third kappa shape index (κ3) is 3.03. The Labute approximate surface area is 120 Å². The molecular weight excluding hydrogens is 263 g/mol. The molecule has 0 nitrogen and oxygen atoms in total. The molecule has 0 saturated heterocycles. The van der Waals surface area contributed by atoms with Gasteiger partial charge in [0.2, 0.25) is 0 Å². The summed E-state index contributed by atoms with van der Waals surface area (Å²) >= 11 is 0. The molecule has 1 unspecified atom stereocenters. The van der Waals surface area contributed by atoms with E-state index >= 15 is 0 Å². The van der Waals surface area contributed by atoms with Gasteiger partial charge in [-0.2, -0.15) is 0 Å². The van der Waals surface area contributed by atoms with Crippen LogP contribution in [0.2, 0.25) is 19.6 Å². The smallest absolute Gasteiger partial charge is 0.0663 e. The highest BCUT2D eigenvalue weighted by molar-refractivity contribution is 7.98. The van der Waals surface area contributed by atoms with Crippen LogP contribution in [0.15, 0.2) is 35.6 Å². The third-order valence-corrected chi connectivity index (χ3v) is 13.2. The minimum absolute atomic E-state index is 0.341. The monoisotopic (exact) mass is 291 g/mol. The topological polar surface area (TPSA) is 0 Å². The van der Waals surface area contributed by atoms with Crippen LogP contribution in [0.1, 0.15) is 26.3 Å². The Morgan fingerprint density at radius 3 is 1.95 bits per heavy atom. The lowest BCUT2D eigenvalue weighted by Gasteiger charge is -2.21. The molecule has 2 rings (SSSR count). The first-order valence-electron chi connectivity index (χ1n) is 7.22. The molecule has 0 fully saturated rings. The second-order valence-corrected chi connectivity index (χ2v) is 17.9. The van der Waals surface area contributed by atoms with Gasteiger partial charge in [-0.3, -0.25) is 0 Å². The van der Waals surface area contributed by atoms with E-state index in [2.05, 4.69) is 77.4 Å². The van der Waals surface area contributed by atoms with Crippen LogP contribution >= 0.6 is 7.26 Å². The van der Waals surface area contributed by atoms with Crippen molar-refractivity contribution in [1.82, 2.24) is 0 Å². The largest absolute Gasteiger partial charge is 0.144 e. The van der Waals surface area contributed by atoms with E-state index in [1.807, 2.05) is 0 Å². The normalized spacial score (nSPS) is 23.7. The SMILES string of the molecule is CC(C)(C)C1=C(c2ccccc2)[P+]1(C)C[Si](C)(C)C. The van der Waals surface area contributed by atoms with E-state index in [0.717, 1.165) is 0 Å². The molecule has 0 radical (unpaired) electrons. The zero-order valence-corrected chi connectivity index (χ0v) is 15.4. The fourth-order valence-electron chi connectivity index (χ4n) is 3.58. The second-order valence-electron chi connectivity index (χ2n) is 8.22. The van der Waals surface area contributed by atoms with Crippen LogP contribution in [0.4, 0.5) is 0 Å². The fourth-order valence-corrected chi connectivity index (χ4v) is 16.3. The Morgan fingerprint density at radius 2 is 1.53 bits per heavy atom. The predicted octanol–water partition coefficient (Wildman–Crippen LogP) is 5.94. The van der Waals surface area contributed by atoms with Gasteiger partial charge >= 0.3 is 0 Å². The summed E-state index contributed by atoms with van der Waals surface area (Å²) in [5, 5.41) is 3.54. The van der Waals surface area contributed by atoms with Crippen molar-refractivity contribution in [2.45, 2.75) is 40.4 Å². The lowest BCUT2D eigenvalue weighted by molar-refractivity contribution is 0.539. The van der Waals surface area contributed by atoms with Crippen molar-refractivity contribution >= 4 is 20.7 Å². The molecule has 0 aliphatic carbocycles. The highest BCUT2D eigenvalue weighted by atomic mass is 31.2. The Kier molecular flexibility index (Phi) is 3.61. The molecular formula is C17H28PSi+. The van der Waals surface area contributed by atoms with Gasteiger partial charge in [0.05, 0.1) is 27.8 Å². The van der Waals surface area contributed by atoms with Crippen molar-refractivity contribution in [1.29, 1.82) is 0 Å². The first kappa shape index (κ1) is 15.0. The maximum atomic E-state index is 2.58. The van der Waals surface area contributed by atoms with Gasteiger partial charge in [0, 0.05) is 11.0 Å². The lowest BCUT2D eigenvalue weighted by Crippen LogP contribution is -2.26. The number of benzene rings is 1. The number of allylic oxidation sites excluding steroid dienone is 1. The van der Waals surface area contributed by atoms with Crippen molar-refractivity contribution in [3.63, 3.8) is 0 Å². The van der Waals surface area contributed by atoms with E-state index in [1.54, 1.807) is 10.6 Å². The number of rotatable bonds is 3. The highest BCUT2D eigenvalue weighted by Gasteiger charge is 2.65. The molecule has 0 saturated carbocycles. The first-order chi connectivity index (χ1) is 8.56. The molecule has 1 aromatic rings. The van der Waals surface area contributed by atoms with Crippen LogP contribution in [0.5, 0.6) is 0 Å². The molecule has 1 aromatic carbocycles. The van der Waals surface area contributed by atoms with Gasteiger partial charge in [-0.05, 0) is 0 Å². The van der Waals surface area contributed by atoms with Gasteiger partial charge in [-0.1, -0.05) is 70.7 Å². The van der Waals surface area contributed by atoms with Gasteiger partial charge in [0.25, 0.3) is 0 Å². The maximum absolute atomic E-state index is 2.58. The minimum atomic E-state index is -1.02. The molecule has 19 heavy (non-hydrogen) atoms. The molecule has 104 valence electrons.